The van der Waals surface area contributed by atoms with Crippen molar-refractivity contribution >= 4 is 27.7 Å². The molecular weight excluding hydrogens is 422 g/mol. The molecule has 1 amide bonds. The molecule has 172 valence electrons. The number of benzene rings is 3. The second-order valence-electron chi connectivity index (χ2n) is 8.68. The number of para-hydroxylation sites is 2. The average molecular weight is 452 g/mol. The highest BCUT2D eigenvalue weighted by molar-refractivity contribution is 5.88. The smallest absolute Gasteiger partial charge is 0.243 e. The highest BCUT2D eigenvalue weighted by atomic mass is 16.6. The molecule has 0 saturated carbocycles. The minimum absolute atomic E-state index is 0.0772. The van der Waals surface area contributed by atoms with Gasteiger partial charge in [-0.05, 0) is 41.7 Å². The van der Waals surface area contributed by atoms with E-state index in [1.807, 2.05) is 30.3 Å². The van der Waals surface area contributed by atoms with E-state index in [2.05, 4.69) is 76.4 Å². The fraction of sp³-hybridized carbons (Fsp3) is 0.207. The van der Waals surface area contributed by atoms with Gasteiger partial charge in [-0.3, -0.25) is 9.63 Å². The number of carbonyl (C=O) groups is 1. The largest absolute Gasteiger partial charge is 0.361 e. The summed E-state index contributed by atoms with van der Waals surface area (Å²) in [5, 5.41) is 2.51. The lowest BCUT2D eigenvalue weighted by Gasteiger charge is -2.17. The number of amides is 1. The third kappa shape index (κ3) is 4.90. The summed E-state index contributed by atoms with van der Waals surface area (Å²) in [5.41, 5.74) is 8.51. The Bertz CT molecular complexity index is 1300. The lowest BCUT2D eigenvalue weighted by Crippen LogP contribution is -2.23. The quantitative estimate of drug-likeness (QED) is 0.166. The second-order valence-corrected chi connectivity index (χ2v) is 8.68. The Kier molecular flexibility index (Phi) is 6.73. The summed E-state index contributed by atoms with van der Waals surface area (Å²) in [7, 11) is 0. The van der Waals surface area contributed by atoms with Gasteiger partial charge < -0.3 is 9.97 Å². The molecular formula is C29H29N3O2. The van der Waals surface area contributed by atoms with Gasteiger partial charge in [-0.1, -0.05) is 73.2 Å². The number of fused-ring (bicyclic) bond motifs is 2. The van der Waals surface area contributed by atoms with Crippen LogP contribution in [-0.4, -0.2) is 15.9 Å². The summed E-state index contributed by atoms with van der Waals surface area (Å²) in [5.74, 6) is 0.163. The van der Waals surface area contributed by atoms with E-state index in [0.29, 0.717) is 13.0 Å². The van der Waals surface area contributed by atoms with Crippen LogP contribution >= 0.6 is 0 Å². The van der Waals surface area contributed by atoms with E-state index < -0.39 is 0 Å². The molecule has 2 aromatic heterocycles. The molecule has 0 saturated heterocycles. The molecule has 0 unspecified atom stereocenters. The number of nitrogens with one attached hydrogen (secondary N) is 3. The number of rotatable bonds is 10. The van der Waals surface area contributed by atoms with Crippen molar-refractivity contribution in [3.63, 3.8) is 0 Å². The lowest BCUT2D eigenvalue weighted by atomic mass is 9.86. The van der Waals surface area contributed by atoms with Crippen LogP contribution in [0.4, 0.5) is 0 Å². The van der Waals surface area contributed by atoms with Crippen LogP contribution in [0, 0.1) is 0 Å². The van der Waals surface area contributed by atoms with Gasteiger partial charge in [0.05, 0.1) is 6.61 Å². The minimum atomic E-state index is -0.0772. The first-order valence-electron chi connectivity index (χ1n) is 11.9. The Morgan fingerprint density at radius 3 is 2.00 bits per heavy atom. The van der Waals surface area contributed by atoms with Crippen LogP contribution < -0.4 is 5.48 Å². The van der Waals surface area contributed by atoms with Crippen LogP contribution in [0.5, 0.6) is 0 Å². The Morgan fingerprint density at radius 1 is 0.765 bits per heavy atom. The standard InChI is InChI=1S/C29H29N3O2/c33-29(32-34-20-21-10-2-1-3-11-21)17-9-6-12-22(25-18-30-27-15-7-4-13-23(25)27)26-19-31-28-16-8-5-14-24(26)28/h1-5,7-8,10-11,13-16,18-19,22,30-31H,6,9,12,17,20H2,(H,32,33). The average Bonchev–Trinajstić information content (AvgIpc) is 3.50. The predicted octanol–water partition coefficient (Wildman–Crippen LogP) is 6.59. The molecule has 34 heavy (non-hydrogen) atoms. The molecule has 5 nitrogen and oxygen atoms in total. The molecule has 3 aromatic carbocycles. The van der Waals surface area contributed by atoms with Crippen molar-refractivity contribution in [3.8, 4) is 0 Å². The minimum Gasteiger partial charge on any atom is -0.361 e. The number of aromatic amines is 2. The maximum absolute atomic E-state index is 12.2. The van der Waals surface area contributed by atoms with Gasteiger partial charge in [-0.25, -0.2) is 5.48 Å². The van der Waals surface area contributed by atoms with Gasteiger partial charge >= 0.3 is 0 Å². The summed E-state index contributed by atoms with van der Waals surface area (Å²) in [4.78, 5) is 24.5. The van der Waals surface area contributed by atoms with Gasteiger partial charge in [0.1, 0.15) is 0 Å². The zero-order valence-electron chi connectivity index (χ0n) is 19.1. The number of H-pyrrole nitrogens is 2. The highest BCUT2D eigenvalue weighted by Crippen LogP contribution is 2.38. The number of carbonyl (C=O) groups excluding carboxylic acids is 1. The molecule has 2 heterocycles. The van der Waals surface area contributed by atoms with Crippen LogP contribution in [0.25, 0.3) is 21.8 Å². The van der Waals surface area contributed by atoms with Crippen molar-refractivity contribution in [2.24, 2.45) is 0 Å². The maximum atomic E-state index is 12.2. The molecule has 0 atom stereocenters. The summed E-state index contributed by atoms with van der Waals surface area (Å²) in [6, 6.07) is 26.7. The van der Waals surface area contributed by atoms with E-state index in [-0.39, 0.29) is 11.8 Å². The summed E-state index contributed by atoms with van der Waals surface area (Å²) >= 11 is 0. The summed E-state index contributed by atoms with van der Waals surface area (Å²) in [6.07, 6.45) is 7.44. The third-order valence-corrected chi connectivity index (χ3v) is 6.41. The van der Waals surface area contributed by atoms with E-state index in [9.17, 15) is 4.79 Å². The van der Waals surface area contributed by atoms with Crippen LogP contribution in [0.1, 0.15) is 48.3 Å². The molecule has 5 aromatic rings. The Labute approximate surface area is 199 Å². The van der Waals surface area contributed by atoms with Gasteiger partial charge in [-0.2, -0.15) is 0 Å². The normalized spacial score (nSPS) is 11.4. The number of unbranched alkanes of at least 4 members (excludes halogenated alkanes) is 1. The Hall–Kier alpha value is -3.83. The summed E-state index contributed by atoms with van der Waals surface area (Å²) in [6.45, 7) is 0.371. The fourth-order valence-corrected chi connectivity index (χ4v) is 4.70. The van der Waals surface area contributed by atoms with Gasteiger partial charge in [0, 0.05) is 46.5 Å². The molecule has 0 radical (unpaired) electrons. The van der Waals surface area contributed by atoms with E-state index in [1.54, 1.807) is 0 Å². The molecule has 5 rings (SSSR count). The van der Waals surface area contributed by atoms with E-state index in [1.165, 1.54) is 21.9 Å². The highest BCUT2D eigenvalue weighted by Gasteiger charge is 2.21. The van der Waals surface area contributed by atoms with Gasteiger partial charge in [0.25, 0.3) is 0 Å². The zero-order valence-corrected chi connectivity index (χ0v) is 19.1. The van der Waals surface area contributed by atoms with Gasteiger partial charge in [0.2, 0.25) is 5.91 Å². The SMILES string of the molecule is O=C(CCCCC(c1c[nH]c2ccccc12)c1c[nH]c2ccccc12)NOCc1ccccc1. The van der Waals surface area contributed by atoms with Crippen molar-refractivity contribution in [1.82, 2.24) is 15.4 Å². The monoisotopic (exact) mass is 451 g/mol. The molecule has 0 fully saturated rings. The first kappa shape index (κ1) is 22.0. The van der Waals surface area contributed by atoms with Crippen molar-refractivity contribution in [2.75, 3.05) is 0 Å². The number of hydroxylamine groups is 1. The molecule has 0 aliphatic rings. The van der Waals surface area contributed by atoms with Gasteiger partial charge in [-0.15, -0.1) is 0 Å². The van der Waals surface area contributed by atoms with Crippen molar-refractivity contribution in [1.29, 1.82) is 0 Å². The molecule has 0 aliphatic heterocycles. The van der Waals surface area contributed by atoms with Crippen molar-refractivity contribution in [2.45, 2.75) is 38.2 Å². The second kappa shape index (κ2) is 10.4. The number of aromatic nitrogens is 2. The van der Waals surface area contributed by atoms with Crippen LogP contribution in [-0.2, 0) is 16.2 Å². The molecule has 0 bridgehead atoms. The Balaban J connectivity index is 1.23. The first-order valence-corrected chi connectivity index (χ1v) is 11.9. The van der Waals surface area contributed by atoms with Crippen LogP contribution in [0.15, 0.2) is 91.3 Å². The van der Waals surface area contributed by atoms with Crippen molar-refractivity contribution < 1.29 is 9.63 Å². The van der Waals surface area contributed by atoms with Crippen LogP contribution in [0.3, 0.4) is 0 Å². The van der Waals surface area contributed by atoms with E-state index in [4.69, 9.17) is 4.84 Å². The lowest BCUT2D eigenvalue weighted by molar-refractivity contribution is -0.134. The summed E-state index contributed by atoms with van der Waals surface area (Å²) < 4.78 is 0. The molecule has 0 spiro atoms. The zero-order chi connectivity index (χ0) is 23.2. The molecule has 5 heteroatoms. The third-order valence-electron chi connectivity index (χ3n) is 6.41. The predicted molar refractivity (Wildman–Crippen MR) is 136 cm³/mol. The number of hydrogen-bond donors (Lipinski definition) is 3. The van der Waals surface area contributed by atoms with Crippen molar-refractivity contribution in [3.05, 3.63) is 108 Å². The Morgan fingerprint density at radius 2 is 1.35 bits per heavy atom. The van der Waals surface area contributed by atoms with E-state index >= 15 is 0 Å². The molecule has 3 N–H and O–H groups in total. The first-order chi connectivity index (χ1) is 16.8. The molecule has 0 aliphatic carbocycles. The fourth-order valence-electron chi connectivity index (χ4n) is 4.70. The van der Waals surface area contributed by atoms with Gasteiger partial charge in [0.15, 0.2) is 0 Å². The topological polar surface area (TPSA) is 69.9 Å². The number of hydrogen-bond acceptors (Lipinski definition) is 2. The maximum Gasteiger partial charge on any atom is 0.243 e. The van der Waals surface area contributed by atoms with Crippen LogP contribution in [0.2, 0.25) is 0 Å². The van der Waals surface area contributed by atoms with E-state index in [0.717, 1.165) is 35.9 Å².